The Kier molecular flexibility index (Phi) is 5.02. The summed E-state index contributed by atoms with van der Waals surface area (Å²) in [5, 5.41) is 14.4. The largest absolute Gasteiger partial charge is 0.481 e. The second-order valence-electron chi connectivity index (χ2n) is 6.81. The van der Waals surface area contributed by atoms with Crippen molar-refractivity contribution in [3.8, 4) is 0 Å². The molecular formula is C17H15F5N2O4. The van der Waals surface area contributed by atoms with Crippen molar-refractivity contribution in [2.24, 2.45) is 11.1 Å². The molecule has 1 aliphatic heterocycles. The Hall–Kier alpha value is -2.72. The van der Waals surface area contributed by atoms with Gasteiger partial charge < -0.3 is 15.3 Å². The van der Waals surface area contributed by atoms with E-state index in [2.05, 4.69) is 15.3 Å². The minimum absolute atomic E-state index is 0.00215. The lowest BCUT2D eigenvalue weighted by Gasteiger charge is -2.29. The van der Waals surface area contributed by atoms with E-state index in [0.29, 0.717) is 6.07 Å². The summed E-state index contributed by atoms with van der Waals surface area (Å²) >= 11 is 0. The third-order valence-electron chi connectivity index (χ3n) is 4.87. The quantitative estimate of drug-likeness (QED) is 0.753. The molecule has 2 aliphatic rings. The number of amides is 1. The number of oxime groups is 1. The normalized spacial score (nSPS) is 27.2. The minimum atomic E-state index is -5.17. The van der Waals surface area contributed by atoms with Gasteiger partial charge in [0, 0.05) is 17.7 Å². The van der Waals surface area contributed by atoms with Crippen LogP contribution in [0.5, 0.6) is 0 Å². The Labute approximate surface area is 155 Å². The third-order valence-corrected chi connectivity index (χ3v) is 4.87. The molecule has 1 fully saturated rings. The monoisotopic (exact) mass is 406 g/mol. The Morgan fingerprint density at radius 1 is 1.18 bits per heavy atom. The highest BCUT2D eigenvalue weighted by Gasteiger charge is 2.66. The number of hydrogen-bond donors (Lipinski definition) is 2. The van der Waals surface area contributed by atoms with Crippen molar-refractivity contribution in [1.82, 2.24) is 5.32 Å². The molecule has 0 unspecified atom stereocenters. The molecule has 28 heavy (non-hydrogen) atoms. The summed E-state index contributed by atoms with van der Waals surface area (Å²) in [4.78, 5) is 27.9. The molecule has 0 saturated heterocycles. The van der Waals surface area contributed by atoms with Crippen molar-refractivity contribution in [2.75, 3.05) is 0 Å². The van der Waals surface area contributed by atoms with Crippen molar-refractivity contribution in [2.45, 2.75) is 43.5 Å². The van der Waals surface area contributed by atoms with Gasteiger partial charge in [-0.3, -0.25) is 9.59 Å². The van der Waals surface area contributed by atoms with Crippen molar-refractivity contribution >= 4 is 17.6 Å². The van der Waals surface area contributed by atoms with Crippen LogP contribution in [0.2, 0.25) is 0 Å². The maximum atomic E-state index is 13.7. The van der Waals surface area contributed by atoms with Crippen LogP contribution in [-0.2, 0) is 14.4 Å². The number of halogens is 5. The van der Waals surface area contributed by atoms with Crippen LogP contribution in [0.25, 0.3) is 0 Å². The summed E-state index contributed by atoms with van der Waals surface area (Å²) in [6.07, 6.45) is -5.80. The zero-order valence-corrected chi connectivity index (χ0v) is 14.2. The fourth-order valence-corrected chi connectivity index (χ4v) is 3.35. The number of nitrogens with one attached hydrogen (secondary N) is 1. The summed E-state index contributed by atoms with van der Waals surface area (Å²) < 4.78 is 67.8. The molecule has 1 amide bonds. The molecule has 2 N–H and O–H groups in total. The van der Waals surface area contributed by atoms with Crippen LogP contribution < -0.4 is 5.32 Å². The molecule has 11 heteroatoms. The Balaban J connectivity index is 1.80. The lowest BCUT2D eigenvalue weighted by molar-refractivity contribution is -0.259. The van der Waals surface area contributed by atoms with Crippen molar-refractivity contribution < 1.29 is 41.5 Å². The smallest absolute Gasteiger partial charge is 0.440 e. The third kappa shape index (κ3) is 3.65. The molecule has 0 radical (unpaired) electrons. The van der Waals surface area contributed by atoms with Gasteiger partial charge in [0.1, 0.15) is 11.6 Å². The van der Waals surface area contributed by atoms with Crippen LogP contribution in [0, 0.1) is 17.6 Å². The Morgan fingerprint density at radius 2 is 1.82 bits per heavy atom. The standard InChI is InChI=1S/C17H15F5N2O4/c18-10-3-9(4-11(19)6-10)13-7-16(28-24-13,17(20,21)22)15(27)23-12-2-1-8(5-12)14(25)26/h3-4,6,8,12H,1-2,5,7H2,(H,23,27)(H,25,26)/t8-,12+,16-/m1/s1. The minimum Gasteiger partial charge on any atom is -0.481 e. The van der Waals surface area contributed by atoms with E-state index in [-0.39, 0.29) is 24.8 Å². The maximum Gasteiger partial charge on any atom is 0.440 e. The maximum absolute atomic E-state index is 13.7. The van der Waals surface area contributed by atoms with Gasteiger partial charge in [0.15, 0.2) is 0 Å². The van der Waals surface area contributed by atoms with Crippen LogP contribution in [0.4, 0.5) is 22.0 Å². The predicted octanol–water partition coefficient (Wildman–Crippen LogP) is 2.76. The van der Waals surface area contributed by atoms with Crippen LogP contribution in [-0.4, -0.2) is 40.5 Å². The molecule has 0 spiro atoms. The fraction of sp³-hybridized carbons (Fsp3) is 0.471. The molecule has 1 aromatic carbocycles. The summed E-state index contributed by atoms with van der Waals surface area (Å²) in [5.41, 5.74) is -4.06. The predicted molar refractivity (Wildman–Crippen MR) is 84.3 cm³/mol. The van der Waals surface area contributed by atoms with E-state index in [0.717, 1.165) is 12.1 Å². The van der Waals surface area contributed by atoms with E-state index in [1.54, 1.807) is 0 Å². The van der Waals surface area contributed by atoms with Crippen molar-refractivity contribution in [3.05, 3.63) is 35.4 Å². The number of carbonyl (C=O) groups is 2. The molecule has 0 aromatic heterocycles. The van der Waals surface area contributed by atoms with Gasteiger partial charge in [-0.05, 0) is 31.4 Å². The average Bonchev–Trinajstić information content (AvgIpc) is 3.21. The van der Waals surface area contributed by atoms with Gasteiger partial charge in [0.05, 0.1) is 18.1 Å². The molecule has 1 saturated carbocycles. The first-order valence-corrected chi connectivity index (χ1v) is 8.34. The number of aliphatic carboxylic acids is 1. The molecule has 1 aromatic rings. The highest BCUT2D eigenvalue weighted by atomic mass is 19.4. The average molecular weight is 406 g/mol. The van der Waals surface area contributed by atoms with Gasteiger partial charge in [-0.25, -0.2) is 8.78 Å². The summed E-state index contributed by atoms with van der Waals surface area (Å²) in [7, 11) is 0. The van der Waals surface area contributed by atoms with Gasteiger partial charge in [0.2, 0.25) is 0 Å². The number of hydrogen-bond acceptors (Lipinski definition) is 4. The number of nitrogens with zero attached hydrogens (tertiary/aromatic N) is 1. The molecule has 0 bridgehead atoms. The van der Waals surface area contributed by atoms with E-state index in [1.165, 1.54) is 0 Å². The number of rotatable bonds is 4. The van der Waals surface area contributed by atoms with E-state index in [1.807, 2.05) is 0 Å². The number of benzene rings is 1. The SMILES string of the molecule is O=C(O)[C@@H]1CC[C@H](NC(=O)[C@@]2(C(F)(F)F)CC(c3cc(F)cc(F)c3)=NO2)C1. The zero-order valence-electron chi connectivity index (χ0n) is 14.2. The zero-order chi connectivity index (χ0) is 20.7. The van der Waals surface area contributed by atoms with Gasteiger partial charge in [-0.2, -0.15) is 13.2 Å². The van der Waals surface area contributed by atoms with Crippen molar-refractivity contribution in [1.29, 1.82) is 0 Å². The number of carboxylic acid groups (broad SMARTS) is 1. The second-order valence-corrected chi connectivity index (χ2v) is 6.81. The highest BCUT2D eigenvalue weighted by molar-refractivity contribution is 6.05. The van der Waals surface area contributed by atoms with E-state index in [9.17, 15) is 31.5 Å². The topological polar surface area (TPSA) is 88.0 Å². The molecule has 6 nitrogen and oxygen atoms in total. The molecule has 3 atom stereocenters. The molecule has 152 valence electrons. The van der Waals surface area contributed by atoms with E-state index < -0.39 is 59.4 Å². The first-order chi connectivity index (χ1) is 13.0. The van der Waals surface area contributed by atoms with E-state index >= 15 is 0 Å². The Bertz CT molecular complexity index is 821. The summed E-state index contributed by atoms with van der Waals surface area (Å²) in [6.45, 7) is 0. The number of carbonyl (C=O) groups excluding carboxylic acids is 1. The summed E-state index contributed by atoms with van der Waals surface area (Å²) in [6, 6.07) is 1.35. The van der Waals surface area contributed by atoms with Crippen LogP contribution in [0.3, 0.4) is 0 Å². The van der Waals surface area contributed by atoms with Crippen molar-refractivity contribution in [3.63, 3.8) is 0 Å². The van der Waals surface area contributed by atoms with Gasteiger partial charge in [-0.15, -0.1) is 0 Å². The fourth-order valence-electron chi connectivity index (χ4n) is 3.35. The van der Waals surface area contributed by atoms with Crippen LogP contribution in [0.1, 0.15) is 31.2 Å². The number of alkyl halides is 3. The molecule has 3 rings (SSSR count). The first kappa shape index (κ1) is 20.0. The van der Waals surface area contributed by atoms with Crippen LogP contribution in [0.15, 0.2) is 23.4 Å². The van der Waals surface area contributed by atoms with Gasteiger partial charge in [-0.1, -0.05) is 5.16 Å². The molecule has 1 aliphatic carbocycles. The Morgan fingerprint density at radius 3 is 2.36 bits per heavy atom. The van der Waals surface area contributed by atoms with Gasteiger partial charge >= 0.3 is 17.7 Å². The second kappa shape index (κ2) is 7.02. The summed E-state index contributed by atoms with van der Waals surface area (Å²) in [5.74, 6) is -5.39. The molecular weight excluding hydrogens is 391 g/mol. The lowest BCUT2D eigenvalue weighted by atomic mass is 9.92. The highest BCUT2D eigenvalue weighted by Crippen LogP contribution is 2.42. The lowest BCUT2D eigenvalue weighted by Crippen LogP contribution is -2.58. The molecule has 1 heterocycles. The number of carboxylic acids is 1. The van der Waals surface area contributed by atoms with Crippen LogP contribution >= 0.6 is 0 Å². The van der Waals surface area contributed by atoms with E-state index in [4.69, 9.17) is 5.11 Å². The van der Waals surface area contributed by atoms with Gasteiger partial charge in [0.25, 0.3) is 5.91 Å². The first-order valence-electron chi connectivity index (χ1n) is 8.34.